The second-order valence-corrected chi connectivity index (χ2v) is 4.48. The molecule has 1 aliphatic rings. The number of methoxy groups -OCH3 is 2. The van der Waals surface area contributed by atoms with Crippen LogP contribution >= 0.6 is 0 Å². The van der Waals surface area contributed by atoms with Crippen molar-refractivity contribution in [3.8, 4) is 11.5 Å². The Labute approximate surface area is 116 Å². The summed E-state index contributed by atoms with van der Waals surface area (Å²) in [6.45, 7) is 0. The Morgan fingerprint density at radius 3 is 2.40 bits per heavy atom. The summed E-state index contributed by atoms with van der Waals surface area (Å²) in [4.78, 5) is 11.9. The summed E-state index contributed by atoms with van der Waals surface area (Å²) in [7, 11) is 3.20. The molecule has 4 nitrogen and oxygen atoms in total. The summed E-state index contributed by atoms with van der Waals surface area (Å²) in [5, 5.41) is 0. The van der Waals surface area contributed by atoms with Crippen LogP contribution in [0.15, 0.2) is 42.5 Å². The highest BCUT2D eigenvalue weighted by Gasteiger charge is 2.34. The van der Waals surface area contributed by atoms with E-state index in [1.807, 2.05) is 30.3 Å². The van der Waals surface area contributed by atoms with Crippen molar-refractivity contribution in [2.75, 3.05) is 14.2 Å². The smallest absolute Gasteiger partial charge is 0.339 e. The highest BCUT2D eigenvalue weighted by atomic mass is 16.6. The van der Waals surface area contributed by atoms with Gasteiger partial charge in [0.2, 0.25) is 0 Å². The van der Waals surface area contributed by atoms with Crippen molar-refractivity contribution in [2.45, 2.75) is 6.10 Å². The molecule has 0 bridgehead atoms. The molecule has 0 aromatic heterocycles. The minimum atomic E-state index is -0.431. The van der Waals surface area contributed by atoms with Crippen molar-refractivity contribution >= 4 is 5.97 Å². The van der Waals surface area contributed by atoms with Crippen LogP contribution in [-0.4, -0.2) is 20.2 Å². The zero-order chi connectivity index (χ0) is 14.1. The quantitative estimate of drug-likeness (QED) is 0.804. The lowest BCUT2D eigenvalue weighted by molar-refractivity contribution is 0.0454. The van der Waals surface area contributed by atoms with Gasteiger partial charge in [-0.1, -0.05) is 18.2 Å². The van der Waals surface area contributed by atoms with E-state index >= 15 is 0 Å². The average Bonchev–Trinajstić information content (AvgIpc) is 2.85. The van der Waals surface area contributed by atoms with Gasteiger partial charge in [-0.2, -0.15) is 0 Å². The molecular weight excluding hydrogens is 256 g/mol. The number of benzene rings is 2. The summed E-state index contributed by atoms with van der Waals surface area (Å²) < 4.78 is 16.0. The molecule has 0 aliphatic carbocycles. The topological polar surface area (TPSA) is 44.8 Å². The lowest BCUT2D eigenvalue weighted by Crippen LogP contribution is -2.02. The second-order valence-electron chi connectivity index (χ2n) is 4.48. The van der Waals surface area contributed by atoms with Crippen LogP contribution in [0.3, 0.4) is 0 Å². The van der Waals surface area contributed by atoms with Crippen molar-refractivity contribution in [2.24, 2.45) is 0 Å². The van der Waals surface area contributed by atoms with Crippen LogP contribution in [0, 0.1) is 0 Å². The van der Waals surface area contributed by atoms with Crippen LogP contribution in [0.5, 0.6) is 11.5 Å². The van der Waals surface area contributed by atoms with Crippen LogP contribution < -0.4 is 9.47 Å². The summed E-state index contributed by atoms with van der Waals surface area (Å²) in [6, 6.07) is 12.8. The lowest BCUT2D eigenvalue weighted by Gasteiger charge is -2.14. The molecule has 0 saturated carbocycles. The Kier molecular flexibility index (Phi) is 3.06. The largest absolute Gasteiger partial charge is 0.497 e. The summed E-state index contributed by atoms with van der Waals surface area (Å²) in [6.07, 6.45) is -0.431. The Bertz CT molecular complexity index is 646. The molecule has 3 rings (SSSR count). The van der Waals surface area contributed by atoms with E-state index in [2.05, 4.69) is 0 Å². The van der Waals surface area contributed by atoms with Gasteiger partial charge >= 0.3 is 5.97 Å². The van der Waals surface area contributed by atoms with Crippen molar-refractivity contribution < 1.29 is 19.0 Å². The van der Waals surface area contributed by atoms with Gasteiger partial charge in [0.1, 0.15) is 11.5 Å². The molecule has 0 spiro atoms. The maximum atomic E-state index is 11.9. The molecule has 1 heterocycles. The first-order chi connectivity index (χ1) is 9.74. The van der Waals surface area contributed by atoms with Gasteiger partial charge in [-0.25, -0.2) is 4.79 Å². The van der Waals surface area contributed by atoms with Gasteiger partial charge in [0.05, 0.1) is 25.3 Å². The SMILES string of the molecule is COc1ccc(C2OC(=O)c3cccc(OC)c32)cc1. The minimum Gasteiger partial charge on any atom is -0.497 e. The zero-order valence-electron chi connectivity index (χ0n) is 11.3. The number of carbonyl (C=O) groups excluding carboxylic acids is 1. The molecule has 2 aromatic rings. The van der Waals surface area contributed by atoms with Crippen LogP contribution in [0.1, 0.15) is 27.6 Å². The Hall–Kier alpha value is -2.49. The second kappa shape index (κ2) is 4.89. The number of carbonyl (C=O) groups is 1. The number of esters is 1. The third-order valence-corrected chi connectivity index (χ3v) is 3.41. The van der Waals surface area contributed by atoms with Gasteiger partial charge in [0.15, 0.2) is 6.10 Å². The summed E-state index contributed by atoms with van der Waals surface area (Å²) in [5.74, 6) is 1.10. The third-order valence-electron chi connectivity index (χ3n) is 3.41. The van der Waals surface area contributed by atoms with Crippen molar-refractivity contribution in [1.29, 1.82) is 0 Å². The minimum absolute atomic E-state index is 0.320. The van der Waals surface area contributed by atoms with E-state index in [-0.39, 0.29) is 5.97 Å². The molecule has 0 saturated heterocycles. The van der Waals surface area contributed by atoms with E-state index < -0.39 is 6.10 Å². The van der Waals surface area contributed by atoms with E-state index in [4.69, 9.17) is 14.2 Å². The average molecular weight is 270 g/mol. The highest BCUT2D eigenvalue weighted by Crippen LogP contribution is 2.41. The number of hydrogen-bond donors (Lipinski definition) is 0. The normalized spacial score (nSPS) is 16.5. The van der Waals surface area contributed by atoms with Gasteiger partial charge < -0.3 is 14.2 Å². The fraction of sp³-hybridized carbons (Fsp3) is 0.188. The molecule has 1 unspecified atom stereocenters. The van der Waals surface area contributed by atoms with Crippen LogP contribution in [0.25, 0.3) is 0 Å². The lowest BCUT2D eigenvalue weighted by atomic mass is 9.98. The molecule has 20 heavy (non-hydrogen) atoms. The van der Waals surface area contributed by atoms with E-state index in [1.54, 1.807) is 26.4 Å². The first-order valence-electron chi connectivity index (χ1n) is 6.26. The third kappa shape index (κ3) is 1.90. The predicted molar refractivity (Wildman–Crippen MR) is 73.2 cm³/mol. The monoisotopic (exact) mass is 270 g/mol. The van der Waals surface area contributed by atoms with Crippen molar-refractivity contribution in [3.63, 3.8) is 0 Å². The predicted octanol–water partition coefficient (Wildman–Crippen LogP) is 2.96. The van der Waals surface area contributed by atoms with Gasteiger partial charge in [-0.3, -0.25) is 0 Å². The molecule has 0 amide bonds. The number of rotatable bonds is 3. The molecule has 1 atom stereocenters. The fourth-order valence-electron chi connectivity index (χ4n) is 2.41. The molecule has 1 aliphatic heterocycles. The number of cyclic esters (lactones) is 1. The van der Waals surface area contributed by atoms with Gasteiger partial charge in [0.25, 0.3) is 0 Å². The maximum absolute atomic E-state index is 11.9. The Morgan fingerprint density at radius 2 is 1.75 bits per heavy atom. The van der Waals surface area contributed by atoms with E-state index in [0.717, 1.165) is 16.9 Å². The standard InChI is InChI=1S/C16H14O4/c1-18-11-8-6-10(7-9-11)15-14-12(16(17)20-15)4-3-5-13(14)19-2/h3-9,15H,1-2H3. The zero-order valence-corrected chi connectivity index (χ0v) is 11.3. The molecule has 0 fully saturated rings. The van der Waals surface area contributed by atoms with Crippen molar-refractivity contribution in [3.05, 3.63) is 59.2 Å². The number of fused-ring (bicyclic) bond motifs is 1. The van der Waals surface area contributed by atoms with Crippen LogP contribution in [-0.2, 0) is 4.74 Å². The molecule has 4 heteroatoms. The molecule has 102 valence electrons. The summed E-state index contributed by atoms with van der Waals surface area (Å²) >= 11 is 0. The maximum Gasteiger partial charge on any atom is 0.339 e. The highest BCUT2D eigenvalue weighted by molar-refractivity contribution is 5.95. The molecule has 2 aromatic carbocycles. The van der Waals surface area contributed by atoms with Crippen LogP contribution in [0.4, 0.5) is 0 Å². The van der Waals surface area contributed by atoms with E-state index in [0.29, 0.717) is 11.3 Å². The van der Waals surface area contributed by atoms with Gasteiger partial charge in [-0.05, 0) is 29.8 Å². The molecule has 0 N–H and O–H groups in total. The van der Waals surface area contributed by atoms with Gasteiger partial charge in [0, 0.05) is 0 Å². The van der Waals surface area contributed by atoms with Crippen LogP contribution in [0.2, 0.25) is 0 Å². The van der Waals surface area contributed by atoms with Crippen molar-refractivity contribution in [1.82, 2.24) is 0 Å². The Morgan fingerprint density at radius 1 is 1.00 bits per heavy atom. The summed E-state index contributed by atoms with van der Waals surface area (Å²) in [5.41, 5.74) is 2.23. The van der Waals surface area contributed by atoms with Gasteiger partial charge in [-0.15, -0.1) is 0 Å². The van der Waals surface area contributed by atoms with E-state index in [9.17, 15) is 4.79 Å². The molecular formula is C16H14O4. The number of ether oxygens (including phenoxy) is 3. The first-order valence-corrected chi connectivity index (χ1v) is 6.26. The molecule has 0 radical (unpaired) electrons. The first kappa shape index (κ1) is 12.5. The number of hydrogen-bond acceptors (Lipinski definition) is 4. The Balaban J connectivity index is 2.07. The van der Waals surface area contributed by atoms with E-state index in [1.165, 1.54) is 0 Å². The fourth-order valence-corrected chi connectivity index (χ4v) is 2.41.